The van der Waals surface area contributed by atoms with Crippen molar-refractivity contribution in [1.29, 1.82) is 0 Å². The Morgan fingerprint density at radius 2 is 2.33 bits per heavy atom. The zero-order valence-electron chi connectivity index (χ0n) is 7.85. The number of aryl methyl sites for hydroxylation is 1. The van der Waals surface area contributed by atoms with Crippen molar-refractivity contribution in [2.45, 2.75) is 13.0 Å². The lowest BCUT2D eigenvalue weighted by Gasteiger charge is -2.00. The van der Waals surface area contributed by atoms with E-state index in [1.54, 1.807) is 12.3 Å². The highest BCUT2D eigenvalue weighted by Crippen LogP contribution is 2.15. The van der Waals surface area contributed by atoms with Crippen molar-refractivity contribution in [2.24, 2.45) is 0 Å². The van der Waals surface area contributed by atoms with Crippen LogP contribution in [0, 0.1) is 5.82 Å². The number of carboxylic acids is 1. The minimum Gasteiger partial charge on any atom is -0.481 e. The van der Waals surface area contributed by atoms with Crippen molar-refractivity contribution in [3.63, 3.8) is 0 Å². The van der Waals surface area contributed by atoms with Crippen molar-refractivity contribution in [1.82, 2.24) is 9.78 Å². The number of nitrogens with zero attached hydrogens (tertiary/aromatic N) is 2. The van der Waals surface area contributed by atoms with E-state index in [0.29, 0.717) is 5.52 Å². The smallest absolute Gasteiger partial charge is 0.305 e. The summed E-state index contributed by atoms with van der Waals surface area (Å²) in [6.45, 7) is 0.252. The SMILES string of the molecule is O=C(O)CCn1ncc2ccc(F)cc21. The molecule has 0 fully saturated rings. The molecule has 5 heteroatoms. The summed E-state index contributed by atoms with van der Waals surface area (Å²) in [6.07, 6.45) is 1.57. The Labute approximate surface area is 84.9 Å². The highest BCUT2D eigenvalue weighted by molar-refractivity contribution is 5.78. The molecule has 1 heterocycles. The summed E-state index contributed by atoms with van der Waals surface area (Å²) >= 11 is 0. The minimum atomic E-state index is -0.893. The number of aromatic nitrogens is 2. The molecule has 0 saturated carbocycles. The predicted octanol–water partition coefficient (Wildman–Crippen LogP) is 1.65. The molecule has 0 radical (unpaired) electrons. The van der Waals surface area contributed by atoms with Crippen LogP contribution in [-0.4, -0.2) is 20.9 Å². The van der Waals surface area contributed by atoms with E-state index in [-0.39, 0.29) is 18.8 Å². The van der Waals surface area contributed by atoms with E-state index in [1.165, 1.54) is 16.8 Å². The average molecular weight is 208 g/mol. The van der Waals surface area contributed by atoms with Crippen LogP contribution in [0.25, 0.3) is 10.9 Å². The molecule has 0 atom stereocenters. The van der Waals surface area contributed by atoms with Crippen molar-refractivity contribution < 1.29 is 14.3 Å². The number of aliphatic carboxylic acids is 1. The van der Waals surface area contributed by atoms with E-state index in [4.69, 9.17) is 5.11 Å². The highest BCUT2D eigenvalue weighted by Gasteiger charge is 2.05. The van der Waals surface area contributed by atoms with Crippen LogP contribution < -0.4 is 0 Å². The highest BCUT2D eigenvalue weighted by atomic mass is 19.1. The third-order valence-corrected chi connectivity index (χ3v) is 2.14. The number of carbonyl (C=O) groups is 1. The second-order valence-electron chi connectivity index (χ2n) is 3.21. The van der Waals surface area contributed by atoms with E-state index in [0.717, 1.165) is 5.39 Å². The number of carboxylic acid groups (broad SMARTS) is 1. The lowest BCUT2D eigenvalue weighted by Crippen LogP contribution is -2.05. The van der Waals surface area contributed by atoms with Crippen LogP contribution in [0.4, 0.5) is 4.39 Å². The number of fused-ring (bicyclic) bond motifs is 1. The Bertz CT molecular complexity index is 507. The molecule has 0 aliphatic heterocycles. The summed E-state index contributed by atoms with van der Waals surface area (Å²) in [7, 11) is 0. The summed E-state index contributed by atoms with van der Waals surface area (Å²) in [5.41, 5.74) is 0.622. The maximum absolute atomic E-state index is 12.9. The van der Waals surface area contributed by atoms with Crippen molar-refractivity contribution >= 4 is 16.9 Å². The standard InChI is InChI=1S/C10H9FN2O2/c11-8-2-1-7-6-12-13(9(7)5-8)4-3-10(14)15/h1-2,5-6H,3-4H2,(H,14,15). The molecule has 0 bridgehead atoms. The number of rotatable bonds is 3. The Kier molecular flexibility index (Phi) is 2.37. The fraction of sp³-hybridized carbons (Fsp3) is 0.200. The molecule has 1 aromatic heterocycles. The molecule has 0 aliphatic carbocycles. The third-order valence-electron chi connectivity index (χ3n) is 2.14. The largest absolute Gasteiger partial charge is 0.481 e. The third kappa shape index (κ3) is 1.96. The molecule has 2 aromatic rings. The number of halogens is 1. The van der Waals surface area contributed by atoms with Gasteiger partial charge in [-0.15, -0.1) is 0 Å². The predicted molar refractivity (Wildman–Crippen MR) is 51.9 cm³/mol. The summed E-state index contributed by atoms with van der Waals surface area (Å²) in [5, 5.41) is 13.3. The van der Waals surface area contributed by atoms with Gasteiger partial charge < -0.3 is 5.11 Å². The van der Waals surface area contributed by atoms with Crippen LogP contribution >= 0.6 is 0 Å². The Balaban J connectivity index is 2.35. The van der Waals surface area contributed by atoms with E-state index < -0.39 is 5.97 Å². The van der Waals surface area contributed by atoms with Gasteiger partial charge in [-0.1, -0.05) is 0 Å². The zero-order chi connectivity index (χ0) is 10.8. The first kappa shape index (κ1) is 9.64. The molecule has 2 rings (SSSR count). The lowest BCUT2D eigenvalue weighted by atomic mass is 10.2. The van der Waals surface area contributed by atoms with Crippen molar-refractivity contribution in [3.05, 3.63) is 30.2 Å². The van der Waals surface area contributed by atoms with Crippen LogP contribution in [-0.2, 0) is 11.3 Å². The minimum absolute atomic E-state index is 0.0205. The fourth-order valence-electron chi connectivity index (χ4n) is 1.42. The van der Waals surface area contributed by atoms with Gasteiger partial charge in [-0.3, -0.25) is 9.48 Å². The van der Waals surface area contributed by atoms with Gasteiger partial charge in [0.1, 0.15) is 5.82 Å². The molecule has 0 spiro atoms. The molecule has 0 saturated heterocycles. The van der Waals surface area contributed by atoms with Crippen LogP contribution in [0.1, 0.15) is 6.42 Å². The van der Waals surface area contributed by atoms with Gasteiger partial charge in [-0.05, 0) is 18.2 Å². The molecule has 4 nitrogen and oxygen atoms in total. The zero-order valence-corrected chi connectivity index (χ0v) is 7.85. The molecule has 0 unspecified atom stereocenters. The molecule has 1 aromatic carbocycles. The van der Waals surface area contributed by atoms with E-state index in [1.807, 2.05) is 0 Å². The van der Waals surface area contributed by atoms with E-state index in [9.17, 15) is 9.18 Å². The monoisotopic (exact) mass is 208 g/mol. The summed E-state index contributed by atoms with van der Waals surface area (Å²) in [4.78, 5) is 10.4. The van der Waals surface area contributed by atoms with Gasteiger partial charge in [0.15, 0.2) is 0 Å². The summed E-state index contributed by atoms with van der Waals surface area (Å²) in [5.74, 6) is -1.24. The van der Waals surface area contributed by atoms with Crippen molar-refractivity contribution in [2.75, 3.05) is 0 Å². The molecule has 0 amide bonds. The van der Waals surface area contributed by atoms with Crippen LogP contribution in [0.2, 0.25) is 0 Å². The maximum Gasteiger partial charge on any atom is 0.305 e. The molecular formula is C10H9FN2O2. The van der Waals surface area contributed by atoms with Gasteiger partial charge >= 0.3 is 5.97 Å². The van der Waals surface area contributed by atoms with E-state index in [2.05, 4.69) is 5.10 Å². The Morgan fingerprint density at radius 1 is 1.53 bits per heavy atom. The summed E-state index contributed by atoms with van der Waals surface area (Å²) < 4.78 is 14.4. The quantitative estimate of drug-likeness (QED) is 0.834. The van der Waals surface area contributed by atoms with Crippen molar-refractivity contribution in [3.8, 4) is 0 Å². The molecule has 15 heavy (non-hydrogen) atoms. The molecule has 78 valence electrons. The lowest BCUT2D eigenvalue weighted by molar-refractivity contribution is -0.137. The molecule has 0 aliphatic rings. The van der Waals surface area contributed by atoms with Gasteiger partial charge in [0, 0.05) is 5.39 Å². The number of hydrogen-bond donors (Lipinski definition) is 1. The summed E-state index contributed by atoms with van der Waals surface area (Å²) in [6, 6.07) is 4.32. The average Bonchev–Trinajstić information content (AvgIpc) is 2.57. The Hall–Kier alpha value is -1.91. The van der Waals surface area contributed by atoms with Gasteiger partial charge in [0.2, 0.25) is 0 Å². The first-order valence-corrected chi connectivity index (χ1v) is 4.50. The van der Waals surface area contributed by atoms with Gasteiger partial charge in [0.05, 0.1) is 24.7 Å². The van der Waals surface area contributed by atoms with Crippen LogP contribution in [0.3, 0.4) is 0 Å². The van der Waals surface area contributed by atoms with Crippen LogP contribution in [0.15, 0.2) is 24.4 Å². The number of hydrogen-bond acceptors (Lipinski definition) is 2. The van der Waals surface area contributed by atoms with Gasteiger partial charge in [-0.2, -0.15) is 5.10 Å². The van der Waals surface area contributed by atoms with Crippen LogP contribution in [0.5, 0.6) is 0 Å². The van der Waals surface area contributed by atoms with Gasteiger partial charge in [-0.25, -0.2) is 4.39 Å². The molecular weight excluding hydrogens is 199 g/mol. The first-order chi connectivity index (χ1) is 7.16. The number of benzene rings is 1. The normalized spacial score (nSPS) is 10.7. The molecule has 1 N–H and O–H groups in total. The topological polar surface area (TPSA) is 55.1 Å². The van der Waals surface area contributed by atoms with E-state index >= 15 is 0 Å². The second-order valence-corrected chi connectivity index (χ2v) is 3.21. The second kappa shape index (κ2) is 3.68. The van der Waals surface area contributed by atoms with Gasteiger partial charge in [0.25, 0.3) is 0 Å². The Morgan fingerprint density at radius 3 is 3.07 bits per heavy atom. The first-order valence-electron chi connectivity index (χ1n) is 4.50. The maximum atomic E-state index is 12.9. The fourth-order valence-corrected chi connectivity index (χ4v) is 1.42.